The standard InChI is InChI=1S/C70H43N3S2/c1-3-15-44(16-4-1)45-29-32-50(33-30-45)73-64-41-47(31-36-55(64)59-25-14-18-48-40-61-57-24-9-12-28-66(57)75-70(61)69(73)68(48)59)46-17-13-21-51(39-46)71(53-34-37-58-56-23-8-11-27-65(56)74-67(58)43-53)52-35-38-63-60(42-52)54-22-7-10-26-62(54)72(63)49-19-5-2-6-20-49/h1-43H. The molecular weight excluding hydrogens is 947 g/mol. The molecule has 15 aromatic rings. The quantitative estimate of drug-likeness (QED) is 0.158. The molecule has 0 saturated heterocycles. The minimum absolute atomic E-state index is 1.09. The predicted molar refractivity (Wildman–Crippen MR) is 323 cm³/mol. The van der Waals surface area contributed by atoms with Gasteiger partial charge in [0.1, 0.15) is 0 Å². The van der Waals surface area contributed by atoms with E-state index in [-0.39, 0.29) is 0 Å². The van der Waals surface area contributed by atoms with E-state index >= 15 is 0 Å². The van der Waals surface area contributed by atoms with Crippen molar-refractivity contribution >= 4 is 130 Å². The van der Waals surface area contributed by atoms with Crippen LogP contribution >= 0.6 is 22.7 Å². The van der Waals surface area contributed by atoms with Crippen molar-refractivity contribution in [1.29, 1.82) is 0 Å². The van der Waals surface area contributed by atoms with Crippen LogP contribution in [0.1, 0.15) is 0 Å². The lowest BCUT2D eigenvalue weighted by atomic mass is 9.88. The van der Waals surface area contributed by atoms with E-state index in [0.717, 1.165) is 39.6 Å². The molecule has 0 unspecified atom stereocenters. The Hall–Kier alpha value is -9.26. The highest BCUT2D eigenvalue weighted by Gasteiger charge is 2.30. The minimum Gasteiger partial charge on any atom is -0.310 e. The first-order valence-corrected chi connectivity index (χ1v) is 27.2. The predicted octanol–water partition coefficient (Wildman–Crippen LogP) is 20.9. The first-order valence-electron chi connectivity index (χ1n) is 25.6. The van der Waals surface area contributed by atoms with Crippen LogP contribution in [0, 0.1) is 0 Å². The van der Waals surface area contributed by atoms with Crippen molar-refractivity contribution in [3.63, 3.8) is 0 Å². The van der Waals surface area contributed by atoms with E-state index in [1.165, 1.54) is 107 Å². The molecule has 0 N–H and O–H groups in total. The van der Waals surface area contributed by atoms with Gasteiger partial charge in [-0.2, -0.15) is 0 Å². The third-order valence-electron chi connectivity index (χ3n) is 15.5. The molecule has 0 atom stereocenters. The summed E-state index contributed by atoms with van der Waals surface area (Å²) in [7, 11) is 0. The third-order valence-corrected chi connectivity index (χ3v) is 17.8. The van der Waals surface area contributed by atoms with Crippen LogP contribution in [-0.2, 0) is 0 Å². The van der Waals surface area contributed by atoms with Crippen molar-refractivity contribution in [3.8, 4) is 39.1 Å². The molecule has 1 aliphatic heterocycles. The van der Waals surface area contributed by atoms with Crippen LogP contribution in [0.3, 0.4) is 0 Å². The van der Waals surface area contributed by atoms with Gasteiger partial charge < -0.3 is 14.4 Å². The SMILES string of the molecule is c1ccc(-c2ccc(N3c4cc(-c5cccc(N(c6ccc7c(c6)sc6ccccc67)c6ccc7c(c6)c6ccccc6n7-c6ccccc6)c5)ccc4-c4cccc5cc6c(sc7ccccc76)c3c45)cc2)cc1. The molecule has 350 valence electrons. The second-order valence-corrected chi connectivity index (χ2v) is 21.8. The van der Waals surface area contributed by atoms with Gasteiger partial charge in [0.05, 0.1) is 27.1 Å². The van der Waals surface area contributed by atoms with Crippen LogP contribution in [0.15, 0.2) is 261 Å². The number of rotatable bonds is 7. The normalized spacial score (nSPS) is 12.2. The highest BCUT2D eigenvalue weighted by Crippen LogP contribution is 2.57. The lowest BCUT2D eigenvalue weighted by Crippen LogP contribution is -2.15. The van der Waals surface area contributed by atoms with E-state index in [0.29, 0.717) is 0 Å². The fourth-order valence-corrected chi connectivity index (χ4v) is 14.4. The number of aromatic nitrogens is 1. The molecule has 0 radical (unpaired) electrons. The van der Waals surface area contributed by atoms with Crippen LogP contribution in [0.5, 0.6) is 0 Å². The fraction of sp³-hybridized carbons (Fsp3) is 0. The lowest BCUT2D eigenvalue weighted by Gasteiger charge is -2.34. The molecule has 4 heterocycles. The number of para-hydroxylation sites is 2. The third kappa shape index (κ3) is 6.58. The summed E-state index contributed by atoms with van der Waals surface area (Å²) in [5, 5.41) is 10.2. The van der Waals surface area contributed by atoms with Crippen LogP contribution in [0.25, 0.3) is 112 Å². The van der Waals surface area contributed by atoms with Gasteiger partial charge in [-0.1, -0.05) is 164 Å². The maximum atomic E-state index is 2.55. The number of benzene rings is 12. The molecule has 16 rings (SSSR count). The summed E-state index contributed by atoms with van der Waals surface area (Å²) >= 11 is 3.76. The Bertz CT molecular complexity index is 4780. The molecule has 75 heavy (non-hydrogen) atoms. The highest BCUT2D eigenvalue weighted by molar-refractivity contribution is 7.26. The monoisotopic (exact) mass is 989 g/mol. The zero-order valence-electron chi connectivity index (χ0n) is 40.5. The van der Waals surface area contributed by atoms with E-state index in [4.69, 9.17) is 0 Å². The molecular formula is C70H43N3S2. The largest absolute Gasteiger partial charge is 0.310 e. The Labute approximate surface area is 441 Å². The van der Waals surface area contributed by atoms with Crippen LogP contribution in [0.2, 0.25) is 0 Å². The molecule has 5 heteroatoms. The van der Waals surface area contributed by atoms with E-state index in [9.17, 15) is 0 Å². The van der Waals surface area contributed by atoms with Gasteiger partial charge in [0.2, 0.25) is 0 Å². The Morgan fingerprint density at radius 1 is 0.320 bits per heavy atom. The number of hydrogen-bond donors (Lipinski definition) is 0. The number of nitrogens with zero attached hydrogens (tertiary/aromatic N) is 3. The summed E-state index contributed by atoms with van der Waals surface area (Å²) < 4.78 is 7.56. The Kier molecular flexibility index (Phi) is 9.38. The van der Waals surface area contributed by atoms with Gasteiger partial charge in [-0.3, -0.25) is 0 Å². The van der Waals surface area contributed by atoms with Gasteiger partial charge in [0.15, 0.2) is 0 Å². The summed E-state index contributed by atoms with van der Waals surface area (Å²) in [5.41, 5.74) is 17.6. The van der Waals surface area contributed by atoms with E-state index < -0.39 is 0 Å². The van der Waals surface area contributed by atoms with Crippen molar-refractivity contribution in [1.82, 2.24) is 4.57 Å². The maximum absolute atomic E-state index is 2.55. The van der Waals surface area contributed by atoms with Crippen LogP contribution in [0.4, 0.5) is 34.1 Å². The van der Waals surface area contributed by atoms with Crippen molar-refractivity contribution in [3.05, 3.63) is 261 Å². The zero-order chi connectivity index (χ0) is 49.1. The lowest BCUT2D eigenvalue weighted by molar-refractivity contribution is 1.18. The molecule has 0 fully saturated rings. The van der Waals surface area contributed by atoms with Crippen LogP contribution < -0.4 is 9.80 Å². The van der Waals surface area contributed by atoms with Crippen molar-refractivity contribution in [2.24, 2.45) is 0 Å². The zero-order valence-corrected chi connectivity index (χ0v) is 42.1. The van der Waals surface area contributed by atoms with Gasteiger partial charge in [0.25, 0.3) is 0 Å². The summed E-state index contributed by atoms with van der Waals surface area (Å²) in [6.45, 7) is 0. The summed E-state index contributed by atoms with van der Waals surface area (Å²) in [4.78, 5) is 5.01. The highest BCUT2D eigenvalue weighted by atomic mass is 32.1. The molecule has 3 aromatic heterocycles. The molecule has 0 amide bonds. The molecule has 12 aromatic carbocycles. The topological polar surface area (TPSA) is 11.4 Å². The molecule has 0 bridgehead atoms. The Balaban J connectivity index is 0.893. The van der Waals surface area contributed by atoms with E-state index in [2.05, 4.69) is 275 Å². The van der Waals surface area contributed by atoms with Crippen LogP contribution in [-0.4, -0.2) is 4.57 Å². The summed E-state index contributed by atoms with van der Waals surface area (Å²) in [6, 6.07) is 96.6. The van der Waals surface area contributed by atoms with Gasteiger partial charge in [-0.15, -0.1) is 22.7 Å². The molecule has 0 saturated carbocycles. The van der Waals surface area contributed by atoms with Crippen molar-refractivity contribution in [2.75, 3.05) is 9.80 Å². The maximum Gasteiger partial charge on any atom is 0.0725 e. The van der Waals surface area contributed by atoms with Gasteiger partial charge >= 0.3 is 0 Å². The van der Waals surface area contributed by atoms with Gasteiger partial charge in [0, 0.05) is 85.8 Å². The van der Waals surface area contributed by atoms with Crippen molar-refractivity contribution < 1.29 is 0 Å². The summed E-state index contributed by atoms with van der Waals surface area (Å²) in [6.07, 6.45) is 0. The van der Waals surface area contributed by atoms with Crippen molar-refractivity contribution in [2.45, 2.75) is 0 Å². The molecule has 3 nitrogen and oxygen atoms in total. The first-order chi connectivity index (χ1) is 37.2. The first kappa shape index (κ1) is 42.3. The summed E-state index contributed by atoms with van der Waals surface area (Å²) in [5.74, 6) is 0. The average molecular weight is 990 g/mol. The van der Waals surface area contributed by atoms with E-state index in [1.807, 2.05) is 22.7 Å². The molecule has 1 aliphatic rings. The second-order valence-electron chi connectivity index (χ2n) is 19.6. The fourth-order valence-electron chi connectivity index (χ4n) is 12.1. The Morgan fingerprint density at radius 3 is 1.77 bits per heavy atom. The number of anilines is 6. The Morgan fingerprint density at radius 2 is 0.933 bits per heavy atom. The molecule has 0 aliphatic carbocycles. The smallest absolute Gasteiger partial charge is 0.0725 e. The second kappa shape index (κ2) is 16.6. The number of hydrogen-bond acceptors (Lipinski definition) is 4. The average Bonchev–Trinajstić information content (AvgIpc) is 4.21. The van der Waals surface area contributed by atoms with Gasteiger partial charge in [-0.25, -0.2) is 0 Å². The minimum atomic E-state index is 1.09. The van der Waals surface area contributed by atoms with Gasteiger partial charge in [-0.05, 0) is 130 Å². The number of fused-ring (bicyclic) bond motifs is 12. The van der Waals surface area contributed by atoms with E-state index in [1.54, 1.807) is 0 Å². The molecule has 0 spiro atoms. The number of thiophene rings is 2.